The van der Waals surface area contributed by atoms with Gasteiger partial charge in [-0.2, -0.15) is 8.42 Å². The monoisotopic (exact) mass is 179 g/mol. The highest BCUT2D eigenvalue weighted by atomic mass is 32.3. The lowest BCUT2D eigenvalue weighted by Gasteiger charge is -1.89. The van der Waals surface area contributed by atoms with E-state index in [0.717, 1.165) is 0 Å². The van der Waals surface area contributed by atoms with E-state index in [4.69, 9.17) is 0 Å². The van der Waals surface area contributed by atoms with Crippen molar-refractivity contribution in [2.75, 3.05) is 5.75 Å². The van der Waals surface area contributed by atoms with Gasteiger partial charge in [-0.1, -0.05) is 5.16 Å². The molecule has 0 amide bonds. The number of hydrogen-bond donors (Lipinski definition) is 0. The van der Waals surface area contributed by atoms with E-state index in [0.29, 0.717) is 5.56 Å². The summed E-state index contributed by atoms with van der Waals surface area (Å²) >= 11 is 0. The molecule has 0 atom stereocenters. The summed E-state index contributed by atoms with van der Waals surface area (Å²) in [5.41, 5.74) is 0.575. The van der Waals surface area contributed by atoms with Crippen molar-refractivity contribution in [2.24, 2.45) is 0 Å². The maximum Gasteiger partial charge on any atom is 0.302 e. The van der Waals surface area contributed by atoms with Gasteiger partial charge in [0.15, 0.2) is 0 Å². The topological polar surface area (TPSA) is 60.2 Å². The molecule has 11 heavy (non-hydrogen) atoms. The van der Waals surface area contributed by atoms with Crippen LogP contribution in [-0.2, 0) is 16.6 Å². The zero-order chi connectivity index (χ0) is 8.32. The summed E-state index contributed by atoms with van der Waals surface area (Å²) in [7, 11) is -4.37. The maximum atomic E-state index is 11.9. The Morgan fingerprint density at radius 2 is 2.36 bits per heavy atom. The first-order valence-electron chi connectivity index (χ1n) is 2.88. The molecule has 62 valence electrons. The number of hydrogen-bond acceptors (Lipinski definition) is 4. The smallest absolute Gasteiger partial charge is 0.302 e. The summed E-state index contributed by atoms with van der Waals surface area (Å²) < 4.78 is 36.3. The largest absolute Gasteiger partial charge is 0.364 e. The third kappa shape index (κ3) is 3.13. The standard InChI is InChI=1S/C5H6FNO3S/c6-11(8,9)2-1-5-3-7-10-4-5/h3-4H,1-2H2. The number of nitrogens with zero attached hydrogens (tertiary/aromatic N) is 1. The number of halogens is 1. The van der Waals surface area contributed by atoms with Crippen molar-refractivity contribution < 1.29 is 16.8 Å². The molecule has 0 unspecified atom stereocenters. The Labute approximate surface area is 63.2 Å². The Bertz CT molecular complexity index is 304. The van der Waals surface area contributed by atoms with Crippen LogP contribution in [0.5, 0.6) is 0 Å². The molecule has 4 nitrogen and oxygen atoms in total. The highest BCUT2D eigenvalue weighted by molar-refractivity contribution is 7.86. The molecule has 1 aromatic heterocycles. The fourth-order valence-corrected chi connectivity index (χ4v) is 1.07. The van der Waals surface area contributed by atoms with Crippen LogP contribution in [-0.4, -0.2) is 19.3 Å². The molecule has 0 N–H and O–H groups in total. The van der Waals surface area contributed by atoms with Crippen LogP contribution in [0.25, 0.3) is 0 Å². The number of rotatable bonds is 3. The third-order valence-corrected chi connectivity index (χ3v) is 1.81. The minimum atomic E-state index is -4.37. The van der Waals surface area contributed by atoms with Gasteiger partial charge in [0.25, 0.3) is 0 Å². The molecule has 0 bridgehead atoms. The molecule has 0 aliphatic heterocycles. The van der Waals surface area contributed by atoms with Crippen molar-refractivity contribution in [1.29, 1.82) is 0 Å². The molecular formula is C5H6FNO3S. The van der Waals surface area contributed by atoms with Crippen LogP contribution in [0.15, 0.2) is 17.0 Å². The molecule has 6 heteroatoms. The fourth-order valence-electron chi connectivity index (χ4n) is 0.590. The average Bonchev–Trinajstić information content (AvgIpc) is 2.32. The second-order valence-electron chi connectivity index (χ2n) is 2.03. The van der Waals surface area contributed by atoms with Gasteiger partial charge in [-0.3, -0.25) is 0 Å². The van der Waals surface area contributed by atoms with E-state index in [1.807, 2.05) is 0 Å². The summed E-state index contributed by atoms with van der Waals surface area (Å²) in [6, 6.07) is 0. The van der Waals surface area contributed by atoms with Gasteiger partial charge >= 0.3 is 10.2 Å². The van der Waals surface area contributed by atoms with Crippen LogP contribution in [0, 0.1) is 0 Å². The molecule has 0 aromatic carbocycles. The average molecular weight is 179 g/mol. The number of aryl methyl sites for hydroxylation is 1. The lowest BCUT2D eigenvalue weighted by atomic mass is 10.3. The Hall–Kier alpha value is -0.910. The molecule has 1 heterocycles. The highest BCUT2D eigenvalue weighted by Crippen LogP contribution is 2.01. The zero-order valence-electron chi connectivity index (χ0n) is 5.53. The Balaban J connectivity index is 2.48. The number of aromatic nitrogens is 1. The van der Waals surface area contributed by atoms with Gasteiger partial charge in [0.05, 0.1) is 11.9 Å². The predicted molar refractivity (Wildman–Crippen MR) is 35.1 cm³/mol. The Morgan fingerprint density at radius 3 is 2.82 bits per heavy atom. The van der Waals surface area contributed by atoms with Gasteiger partial charge in [0.2, 0.25) is 0 Å². The van der Waals surface area contributed by atoms with Crippen molar-refractivity contribution in [3.63, 3.8) is 0 Å². The molecule has 0 fully saturated rings. The molecule has 0 radical (unpaired) electrons. The van der Waals surface area contributed by atoms with Gasteiger partial charge < -0.3 is 4.52 Å². The predicted octanol–water partition coefficient (Wildman–Crippen LogP) is 0.516. The van der Waals surface area contributed by atoms with Crippen molar-refractivity contribution >= 4 is 10.2 Å². The van der Waals surface area contributed by atoms with Crippen LogP contribution >= 0.6 is 0 Å². The zero-order valence-corrected chi connectivity index (χ0v) is 6.34. The third-order valence-electron chi connectivity index (χ3n) is 1.12. The van der Waals surface area contributed by atoms with Gasteiger partial charge in [0, 0.05) is 5.56 Å². The Kier molecular flexibility index (Phi) is 2.23. The second-order valence-corrected chi connectivity index (χ2v) is 3.51. The van der Waals surface area contributed by atoms with Gasteiger partial charge in [-0.25, -0.2) is 0 Å². The lowest BCUT2D eigenvalue weighted by Crippen LogP contribution is -2.00. The first-order chi connectivity index (χ1) is 5.08. The van der Waals surface area contributed by atoms with E-state index < -0.39 is 16.0 Å². The van der Waals surface area contributed by atoms with Crippen LogP contribution in [0.1, 0.15) is 5.56 Å². The lowest BCUT2D eigenvalue weighted by molar-refractivity contribution is 0.419. The second kappa shape index (κ2) is 3.00. The van der Waals surface area contributed by atoms with Gasteiger partial charge in [0.1, 0.15) is 6.26 Å². The highest BCUT2D eigenvalue weighted by Gasteiger charge is 2.07. The van der Waals surface area contributed by atoms with Gasteiger partial charge in [-0.05, 0) is 6.42 Å². The van der Waals surface area contributed by atoms with Crippen LogP contribution in [0.2, 0.25) is 0 Å². The minimum absolute atomic E-state index is 0.0995. The molecule has 0 saturated carbocycles. The molecule has 0 aliphatic rings. The van der Waals surface area contributed by atoms with Crippen molar-refractivity contribution in [3.8, 4) is 0 Å². The van der Waals surface area contributed by atoms with Gasteiger partial charge in [-0.15, -0.1) is 3.89 Å². The van der Waals surface area contributed by atoms with Crippen molar-refractivity contribution in [1.82, 2.24) is 5.16 Å². The van der Waals surface area contributed by atoms with E-state index in [-0.39, 0.29) is 6.42 Å². The van der Waals surface area contributed by atoms with Crippen LogP contribution < -0.4 is 0 Å². The van der Waals surface area contributed by atoms with E-state index in [1.165, 1.54) is 12.5 Å². The maximum absolute atomic E-state index is 11.9. The Morgan fingerprint density at radius 1 is 1.64 bits per heavy atom. The molecule has 1 aromatic rings. The van der Waals surface area contributed by atoms with Crippen molar-refractivity contribution in [2.45, 2.75) is 6.42 Å². The first kappa shape index (κ1) is 8.19. The van der Waals surface area contributed by atoms with Crippen molar-refractivity contribution in [3.05, 3.63) is 18.0 Å². The summed E-state index contributed by atoms with van der Waals surface area (Å²) in [6.07, 6.45) is 2.73. The SMILES string of the molecule is O=S(=O)(F)CCc1cnoc1. The molecule has 0 saturated heterocycles. The normalized spacial score (nSPS) is 11.7. The summed E-state index contributed by atoms with van der Waals surface area (Å²) in [5, 5.41) is 3.33. The molecular weight excluding hydrogens is 173 g/mol. The van der Waals surface area contributed by atoms with E-state index >= 15 is 0 Å². The molecule has 0 spiro atoms. The first-order valence-corrected chi connectivity index (χ1v) is 4.44. The summed E-state index contributed by atoms with van der Waals surface area (Å²) in [5.74, 6) is -0.520. The quantitative estimate of drug-likeness (QED) is 0.634. The molecule has 0 aliphatic carbocycles. The summed E-state index contributed by atoms with van der Waals surface area (Å²) in [4.78, 5) is 0. The van der Waals surface area contributed by atoms with E-state index in [1.54, 1.807) is 0 Å². The minimum Gasteiger partial charge on any atom is -0.364 e. The fraction of sp³-hybridized carbons (Fsp3) is 0.400. The summed E-state index contributed by atoms with van der Waals surface area (Å²) in [6.45, 7) is 0. The van der Waals surface area contributed by atoms with Crippen LogP contribution in [0.4, 0.5) is 3.89 Å². The van der Waals surface area contributed by atoms with Crippen LogP contribution in [0.3, 0.4) is 0 Å². The molecule has 1 rings (SSSR count). The van der Waals surface area contributed by atoms with E-state index in [9.17, 15) is 12.3 Å². The van der Waals surface area contributed by atoms with E-state index in [2.05, 4.69) is 9.68 Å².